The van der Waals surface area contributed by atoms with E-state index in [9.17, 15) is 9.59 Å². The Hall–Kier alpha value is -2.78. The van der Waals surface area contributed by atoms with Gasteiger partial charge in [0.2, 0.25) is 0 Å². The van der Waals surface area contributed by atoms with Crippen molar-refractivity contribution in [1.82, 2.24) is 20.4 Å². The summed E-state index contributed by atoms with van der Waals surface area (Å²) in [6, 6.07) is 4.29. The minimum atomic E-state index is -0.717. The van der Waals surface area contributed by atoms with Gasteiger partial charge in [-0.1, -0.05) is 12.1 Å². The fraction of sp³-hybridized carbons (Fsp3) is 0.524. The van der Waals surface area contributed by atoms with Gasteiger partial charge in [0.05, 0.1) is 32.4 Å². The minimum Gasteiger partial charge on any atom is -0.493 e. The maximum Gasteiger partial charge on any atom is 0.338 e. The van der Waals surface area contributed by atoms with Gasteiger partial charge in [-0.25, -0.2) is 9.59 Å². The zero-order valence-electron chi connectivity index (χ0n) is 18.0. The second kappa shape index (κ2) is 9.82. The molecule has 0 unspecified atom stereocenters. The molecule has 0 spiro atoms. The van der Waals surface area contributed by atoms with Gasteiger partial charge >= 0.3 is 12.0 Å². The second-order valence-corrected chi connectivity index (χ2v) is 7.31. The molecule has 2 heterocycles. The number of benzene rings is 1. The van der Waals surface area contributed by atoms with Crippen LogP contribution in [0.2, 0.25) is 0 Å². The van der Waals surface area contributed by atoms with Gasteiger partial charge in [-0.2, -0.15) is 0 Å². The number of amides is 2. The standard InChI is InChI=1S/C21H30N4O5/c1-5-30-20(26)17-15(13-25-11-9-24(2)10-12-25)22-21(27)23-18(17)14-7-6-8-16(28-3)19(14)29-4/h6-8,18H,5,9-13H2,1-4H3,(H2,22,23,27)/t18-/m0/s1. The molecule has 2 aliphatic rings. The molecular formula is C21H30N4O5. The van der Waals surface area contributed by atoms with Crippen LogP contribution in [0.1, 0.15) is 18.5 Å². The lowest BCUT2D eigenvalue weighted by molar-refractivity contribution is -0.139. The number of likely N-dealkylation sites (N-methyl/N-ethyl adjacent to an activating group) is 1. The van der Waals surface area contributed by atoms with Crippen LogP contribution >= 0.6 is 0 Å². The number of para-hydroxylation sites is 1. The average molecular weight is 418 g/mol. The third-order valence-corrected chi connectivity index (χ3v) is 5.37. The Kier molecular flexibility index (Phi) is 7.17. The van der Waals surface area contributed by atoms with E-state index in [1.807, 2.05) is 6.07 Å². The molecule has 2 N–H and O–H groups in total. The highest BCUT2D eigenvalue weighted by molar-refractivity contribution is 5.95. The van der Waals surface area contributed by atoms with Crippen LogP contribution < -0.4 is 20.1 Å². The zero-order chi connectivity index (χ0) is 21.7. The first-order valence-electron chi connectivity index (χ1n) is 10.1. The lowest BCUT2D eigenvalue weighted by atomic mass is 9.93. The van der Waals surface area contributed by atoms with Crippen LogP contribution in [0.25, 0.3) is 0 Å². The summed E-state index contributed by atoms with van der Waals surface area (Å²) in [7, 11) is 5.16. The molecule has 0 saturated carbocycles. The Bertz CT molecular complexity index is 818. The molecule has 0 aromatic heterocycles. The van der Waals surface area contributed by atoms with Crippen LogP contribution in [-0.2, 0) is 9.53 Å². The van der Waals surface area contributed by atoms with Crippen LogP contribution in [0.5, 0.6) is 11.5 Å². The number of hydrogen-bond acceptors (Lipinski definition) is 7. The highest BCUT2D eigenvalue weighted by atomic mass is 16.5. The van der Waals surface area contributed by atoms with Gasteiger partial charge in [-0.05, 0) is 20.0 Å². The number of urea groups is 1. The predicted molar refractivity (Wildman–Crippen MR) is 112 cm³/mol. The largest absolute Gasteiger partial charge is 0.493 e. The summed E-state index contributed by atoms with van der Waals surface area (Å²) in [4.78, 5) is 30.0. The lowest BCUT2D eigenvalue weighted by Gasteiger charge is -2.36. The van der Waals surface area contributed by atoms with E-state index >= 15 is 0 Å². The SMILES string of the molecule is CCOC(=O)C1=C(CN2CCN(C)CC2)NC(=O)N[C@H]1c1cccc(OC)c1OC. The Labute approximate surface area is 176 Å². The van der Waals surface area contributed by atoms with Gasteiger partial charge in [-0.15, -0.1) is 0 Å². The van der Waals surface area contributed by atoms with Crippen LogP contribution in [0.3, 0.4) is 0 Å². The Balaban J connectivity index is 2.04. The monoisotopic (exact) mass is 418 g/mol. The normalized spacial score (nSPS) is 20.4. The number of nitrogens with one attached hydrogen (secondary N) is 2. The maximum atomic E-state index is 13.0. The molecule has 9 heteroatoms. The van der Waals surface area contributed by atoms with E-state index in [0.717, 1.165) is 26.2 Å². The quantitative estimate of drug-likeness (QED) is 0.641. The van der Waals surface area contributed by atoms with Gasteiger partial charge in [0, 0.05) is 44.0 Å². The molecular weight excluding hydrogens is 388 g/mol. The molecule has 3 rings (SSSR count). The van der Waals surface area contributed by atoms with E-state index in [1.54, 1.807) is 26.2 Å². The molecule has 0 radical (unpaired) electrons. The fourth-order valence-electron chi connectivity index (χ4n) is 3.79. The van der Waals surface area contributed by atoms with Crippen molar-refractivity contribution in [3.05, 3.63) is 35.0 Å². The summed E-state index contributed by atoms with van der Waals surface area (Å²) >= 11 is 0. The second-order valence-electron chi connectivity index (χ2n) is 7.31. The highest BCUT2D eigenvalue weighted by Crippen LogP contribution is 2.39. The van der Waals surface area contributed by atoms with Crippen molar-refractivity contribution < 1.29 is 23.8 Å². The average Bonchev–Trinajstić information content (AvgIpc) is 2.74. The van der Waals surface area contributed by atoms with E-state index in [4.69, 9.17) is 14.2 Å². The third kappa shape index (κ3) is 4.68. The van der Waals surface area contributed by atoms with Gasteiger partial charge in [-0.3, -0.25) is 4.90 Å². The molecule has 164 valence electrons. The third-order valence-electron chi connectivity index (χ3n) is 5.37. The van der Waals surface area contributed by atoms with E-state index in [2.05, 4.69) is 27.5 Å². The first-order valence-corrected chi connectivity index (χ1v) is 10.1. The summed E-state index contributed by atoms with van der Waals surface area (Å²) in [6.07, 6.45) is 0. The Morgan fingerprint density at radius 3 is 2.53 bits per heavy atom. The van der Waals surface area contributed by atoms with Gasteiger partial charge in [0.1, 0.15) is 0 Å². The minimum absolute atomic E-state index is 0.236. The van der Waals surface area contributed by atoms with Gasteiger partial charge in [0.25, 0.3) is 0 Å². The number of ether oxygens (including phenoxy) is 3. The first kappa shape index (κ1) is 21.9. The number of piperazine rings is 1. The van der Waals surface area contributed by atoms with Crippen LogP contribution in [0.4, 0.5) is 4.79 Å². The topological polar surface area (TPSA) is 92.4 Å². The molecule has 1 atom stereocenters. The molecule has 1 fully saturated rings. The van der Waals surface area contributed by atoms with E-state index in [0.29, 0.717) is 34.9 Å². The van der Waals surface area contributed by atoms with E-state index < -0.39 is 12.0 Å². The number of carbonyl (C=O) groups is 2. The summed E-state index contributed by atoms with van der Waals surface area (Å²) in [6.45, 7) is 6.02. The van der Waals surface area contributed by atoms with Crippen molar-refractivity contribution in [2.75, 3.05) is 60.6 Å². The summed E-state index contributed by atoms with van der Waals surface area (Å²) in [5.41, 5.74) is 1.56. The molecule has 1 aromatic carbocycles. The van der Waals surface area contributed by atoms with Crippen LogP contribution in [0, 0.1) is 0 Å². The van der Waals surface area contributed by atoms with Crippen molar-refractivity contribution in [1.29, 1.82) is 0 Å². The predicted octanol–water partition coefficient (Wildman–Crippen LogP) is 1.12. The first-order chi connectivity index (χ1) is 14.5. The molecule has 1 aromatic rings. The smallest absolute Gasteiger partial charge is 0.338 e. The van der Waals surface area contributed by atoms with Gasteiger partial charge < -0.3 is 29.7 Å². The molecule has 1 saturated heterocycles. The number of esters is 1. The van der Waals surface area contributed by atoms with Crippen molar-refractivity contribution in [2.24, 2.45) is 0 Å². The molecule has 2 amide bonds. The number of carbonyl (C=O) groups excluding carboxylic acids is 2. The molecule has 0 aliphatic carbocycles. The van der Waals surface area contributed by atoms with E-state index in [-0.39, 0.29) is 12.6 Å². The van der Waals surface area contributed by atoms with Crippen LogP contribution in [0.15, 0.2) is 29.5 Å². The van der Waals surface area contributed by atoms with Crippen molar-refractivity contribution in [2.45, 2.75) is 13.0 Å². The number of hydrogen-bond donors (Lipinski definition) is 2. The number of nitrogens with zero attached hydrogens (tertiary/aromatic N) is 2. The Morgan fingerprint density at radius 2 is 1.90 bits per heavy atom. The maximum absolute atomic E-state index is 13.0. The Morgan fingerprint density at radius 1 is 1.17 bits per heavy atom. The molecule has 30 heavy (non-hydrogen) atoms. The van der Waals surface area contributed by atoms with Crippen molar-refractivity contribution >= 4 is 12.0 Å². The summed E-state index contributed by atoms with van der Waals surface area (Å²) < 4.78 is 16.3. The molecule has 2 aliphatic heterocycles. The van der Waals surface area contributed by atoms with E-state index in [1.165, 1.54) is 7.11 Å². The zero-order valence-corrected chi connectivity index (χ0v) is 18.0. The van der Waals surface area contributed by atoms with Gasteiger partial charge in [0.15, 0.2) is 11.5 Å². The number of methoxy groups -OCH3 is 2. The fourth-order valence-corrected chi connectivity index (χ4v) is 3.79. The highest BCUT2D eigenvalue weighted by Gasteiger charge is 2.36. The van der Waals surface area contributed by atoms with Crippen molar-refractivity contribution in [3.63, 3.8) is 0 Å². The summed E-state index contributed by atoms with van der Waals surface area (Å²) in [5, 5.41) is 5.68. The molecule has 0 bridgehead atoms. The lowest BCUT2D eigenvalue weighted by Crippen LogP contribution is -2.51. The number of rotatable bonds is 7. The summed E-state index contributed by atoms with van der Waals surface area (Å²) in [5.74, 6) is 0.517. The van der Waals surface area contributed by atoms with Crippen molar-refractivity contribution in [3.8, 4) is 11.5 Å². The molecule has 9 nitrogen and oxygen atoms in total. The van der Waals surface area contributed by atoms with Crippen LogP contribution in [-0.4, -0.2) is 82.4 Å².